The molecule has 0 saturated heterocycles. The standard InChI is InChI=1S/C23H30O5.C6H14N4O2/c24-18(13-12-17-8-4-3-5-9-17)14-15-20-19(21(25)16-22(20)26)10-6-1-2-7-11-23(27)28;7-4(5(11)12)2-1-3-10-6(8)9/h1,3-6,8-9,14-15,18-20,22,24,26H,2,7,10-13,16H2,(H,27,28);4H,1-3,7H2,(H,11,12)(H4,8,9,10)/b6-1-,15-14+;/t18-,19?,20+,22+;4-/m00/s1. The van der Waals surface area contributed by atoms with Crippen molar-refractivity contribution < 1.29 is 45.5 Å². The van der Waals surface area contributed by atoms with Crippen molar-refractivity contribution in [2.24, 2.45) is 23.3 Å². The highest BCUT2D eigenvalue weighted by molar-refractivity contribution is 5.84. The lowest BCUT2D eigenvalue weighted by atomic mass is 9.90. The minimum atomic E-state index is -1.13. The first-order chi connectivity index (χ1) is 19.0. The lowest BCUT2D eigenvalue weighted by molar-refractivity contribution is -0.466. The van der Waals surface area contributed by atoms with Crippen LogP contribution in [0.1, 0.15) is 56.9 Å². The van der Waals surface area contributed by atoms with Crippen LogP contribution in [0.4, 0.5) is 0 Å². The summed E-state index contributed by atoms with van der Waals surface area (Å²) in [5.74, 6) is -2.61. The number of aliphatic hydroxyl groups excluding tert-OH is 2. The number of carboxylic acids is 2. The predicted octanol–water partition coefficient (Wildman–Crippen LogP) is -3.55. The number of aliphatic hydroxyl groups is 2. The highest BCUT2D eigenvalue weighted by Gasteiger charge is 2.39. The first-order valence-corrected chi connectivity index (χ1v) is 13.6. The monoisotopic (exact) mass is 560 g/mol. The van der Waals surface area contributed by atoms with Gasteiger partial charge in [-0.1, -0.05) is 54.6 Å². The topological polar surface area (TPSA) is 231 Å². The number of nitrogens with two attached hydrogens (primary N) is 2. The third kappa shape index (κ3) is 15.2. The number of quaternary nitrogens is 1. The summed E-state index contributed by atoms with van der Waals surface area (Å²) >= 11 is 0. The molecule has 1 saturated carbocycles. The molecule has 11 nitrogen and oxygen atoms in total. The Labute approximate surface area is 235 Å². The predicted molar refractivity (Wildman–Crippen MR) is 145 cm³/mol. The maximum atomic E-state index is 12.2. The Kier molecular flexibility index (Phi) is 16.8. The van der Waals surface area contributed by atoms with Crippen molar-refractivity contribution >= 4 is 23.7 Å². The molecule has 1 aromatic carbocycles. The second kappa shape index (κ2) is 19.5. The van der Waals surface area contributed by atoms with Crippen molar-refractivity contribution in [1.29, 1.82) is 0 Å². The number of ketones is 1. The second-order valence-electron chi connectivity index (χ2n) is 9.91. The van der Waals surface area contributed by atoms with Gasteiger partial charge in [0.25, 0.3) is 0 Å². The highest BCUT2D eigenvalue weighted by Crippen LogP contribution is 2.33. The quantitative estimate of drug-likeness (QED) is 0.0508. The Morgan fingerprint density at radius 2 is 1.82 bits per heavy atom. The van der Waals surface area contributed by atoms with Gasteiger partial charge in [-0.2, -0.15) is 0 Å². The number of carbonyl (C=O) groups is 3. The summed E-state index contributed by atoms with van der Waals surface area (Å²) < 4.78 is 0. The van der Waals surface area contributed by atoms with Crippen molar-refractivity contribution in [3.8, 4) is 0 Å². The van der Waals surface area contributed by atoms with E-state index >= 15 is 0 Å². The van der Waals surface area contributed by atoms with Gasteiger partial charge >= 0.3 is 5.96 Å². The number of rotatable bonds is 16. The molecule has 1 aromatic rings. The minimum absolute atomic E-state index is 0.0254. The van der Waals surface area contributed by atoms with Crippen LogP contribution in [0.15, 0.2) is 54.6 Å². The van der Waals surface area contributed by atoms with Gasteiger partial charge in [0.2, 0.25) is 0 Å². The maximum Gasteiger partial charge on any atom is 0.338 e. The molecule has 1 unspecified atom stereocenters. The van der Waals surface area contributed by atoms with E-state index in [1.54, 1.807) is 12.2 Å². The molecule has 0 bridgehead atoms. The van der Waals surface area contributed by atoms with Crippen molar-refractivity contribution in [2.75, 3.05) is 6.54 Å². The van der Waals surface area contributed by atoms with E-state index < -0.39 is 30.2 Å². The number of aryl methyl sites for hydroxylation is 1. The van der Waals surface area contributed by atoms with Crippen LogP contribution in [-0.4, -0.2) is 58.7 Å². The zero-order valence-electron chi connectivity index (χ0n) is 23.0. The summed E-state index contributed by atoms with van der Waals surface area (Å²) in [6.07, 6.45) is 10.1. The van der Waals surface area contributed by atoms with Crippen LogP contribution >= 0.6 is 0 Å². The van der Waals surface area contributed by atoms with Crippen LogP contribution in [-0.2, 0) is 20.8 Å². The zero-order valence-corrected chi connectivity index (χ0v) is 23.0. The summed E-state index contributed by atoms with van der Waals surface area (Å²) in [6, 6.07) is 9.27. The van der Waals surface area contributed by atoms with Gasteiger partial charge in [-0.05, 0) is 50.5 Å². The average Bonchev–Trinajstić information content (AvgIpc) is 3.18. The van der Waals surface area contributed by atoms with Crippen LogP contribution in [0.5, 0.6) is 0 Å². The van der Waals surface area contributed by atoms with Crippen molar-refractivity contribution in [1.82, 2.24) is 0 Å². The molecular formula is C29H44N4O7. The van der Waals surface area contributed by atoms with Gasteiger partial charge in [0.15, 0.2) is 0 Å². The van der Waals surface area contributed by atoms with Gasteiger partial charge in [-0.3, -0.25) is 21.3 Å². The number of aliphatic carboxylic acids is 2. The van der Waals surface area contributed by atoms with Crippen molar-refractivity contribution in [3.05, 3.63) is 60.2 Å². The largest absolute Gasteiger partial charge is 0.550 e. The van der Waals surface area contributed by atoms with Gasteiger partial charge in [0.05, 0.1) is 24.7 Å². The molecule has 10 N–H and O–H groups in total. The molecule has 0 aromatic heterocycles. The molecule has 0 heterocycles. The van der Waals surface area contributed by atoms with E-state index in [1.165, 1.54) is 0 Å². The van der Waals surface area contributed by atoms with Crippen LogP contribution in [0.25, 0.3) is 0 Å². The molecule has 1 aliphatic rings. The molecule has 0 spiro atoms. The fourth-order valence-corrected chi connectivity index (χ4v) is 4.26. The van der Waals surface area contributed by atoms with Gasteiger partial charge in [0.1, 0.15) is 11.8 Å². The molecule has 0 amide bonds. The number of unbranched alkanes of at least 4 members (excludes halogenated alkanes) is 1. The molecular weight excluding hydrogens is 516 g/mol. The van der Waals surface area contributed by atoms with E-state index in [9.17, 15) is 34.8 Å². The first kappa shape index (κ1) is 34.5. The number of carboxylic acid groups (broad SMARTS) is 2. The first-order valence-electron chi connectivity index (χ1n) is 13.6. The van der Waals surface area contributed by atoms with Crippen LogP contribution in [0.3, 0.4) is 0 Å². The average molecular weight is 561 g/mol. The smallest absolute Gasteiger partial charge is 0.338 e. The lowest BCUT2D eigenvalue weighted by Crippen LogP contribution is -2.78. The van der Waals surface area contributed by atoms with E-state index in [1.807, 2.05) is 42.5 Å². The zero-order chi connectivity index (χ0) is 29.9. The molecule has 0 radical (unpaired) electrons. The third-order valence-electron chi connectivity index (χ3n) is 6.56. The molecule has 1 fully saturated rings. The third-order valence-corrected chi connectivity index (χ3v) is 6.56. The lowest BCUT2D eigenvalue weighted by Gasteiger charge is -2.16. The molecule has 40 heavy (non-hydrogen) atoms. The summed E-state index contributed by atoms with van der Waals surface area (Å²) in [6.45, 7) is 0.557. The van der Waals surface area contributed by atoms with Gasteiger partial charge in [-0.15, -0.1) is 0 Å². The fourth-order valence-electron chi connectivity index (χ4n) is 4.26. The van der Waals surface area contributed by atoms with Gasteiger partial charge in [0, 0.05) is 30.6 Å². The summed E-state index contributed by atoms with van der Waals surface area (Å²) in [5.41, 5.74) is 14.8. The van der Waals surface area contributed by atoms with E-state index in [0.29, 0.717) is 45.1 Å². The van der Waals surface area contributed by atoms with Crippen molar-refractivity contribution in [2.45, 2.75) is 76.0 Å². The van der Waals surface area contributed by atoms with Crippen LogP contribution in [0.2, 0.25) is 0 Å². The number of guanidine groups is 1. The minimum Gasteiger partial charge on any atom is -0.550 e. The normalized spacial score (nSPS) is 20.2. The van der Waals surface area contributed by atoms with Crippen LogP contribution in [0, 0.1) is 11.8 Å². The Bertz CT molecular complexity index is 993. The number of hydrogen-bond donors (Lipinski definition) is 6. The Balaban J connectivity index is 0.000000562. The molecule has 11 heteroatoms. The van der Waals surface area contributed by atoms with Crippen LogP contribution < -0.4 is 32.4 Å². The van der Waals surface area contributed by atoms with E-state index in [4.69, 9.17) is 11.5 Å². The molecule has 0 aliphatic heterocycles. The number of nitrogens with one attached hydrogen (secondary N) is 1. The van der Waals surface area contributed by atoms with Crippen molar-refractivity contribution in [3.63, 3.8) is 0 Å². The van der Waals surface area contributed by atoms with E-state index in [2.05, 4.69) is 10.7 Å². The SMILES string of the molecule is NC(N)=[NH+]CCC[C@H]([NH3+])C(=O)[O-].O=C([O-])CCC/C=C\CC1C(=O)C[C@@H](O)[C@@H]1/C=C/[C@@H](O)CCc1ccccc1. The summed E-state index contributed by atoms with van der Waals surface area (Å²) in [4.78, 5) is 35.4. The highest BCUT2D eigenvalue weighted by atomic mass is 16.4. The molecule has 1 aliphatic carbocycles. The summed E-state index contributed by atoms with van der Waals surface area (Å²) in [5, 5.41) is 41.0. The molecule has 2 rings (SSSR count). The maximum absolute atomic E-state index is 12.2. The molecule has 222 valence electrons. The Morgan fingerprint density at radius 1 is 1.12 bits per heavy atom. The Hall–Kier alpha value is -3.54. The number of allylic oxidation sites excluding steroid dienone is 2. The van der Waals surface area contributed by atoms with E-state index in [0.717, 1.165) is 12.0 Å². The summed E-state index contributed by atoms with van der Waals surface area (Å²) in [7, 11) is 0. The second-order valence-corrected chi connectivity index (χ2v) is 9.91. The Morgan fingerprint density at radius 3 is 2.45 bits per heavy atom. The van der Waals surface area contributed by atoms with Gasteiger partial charge in [-0.25, -0.2) is 0 Å². The number of Topliss-reactive ketones (excluding diaryl/α,β-unsaturated/α-hetero) is 1. The number of carbonyl (C=O) groups excluding carboxylic acids is 3. The fraction of sp³-hybridized carbons (Fsp3) is 0.517. The molecule has 5 atom stereocenters. The number of hydrogen-bond acceptors (Lipinski definition) is 7. The van der Waals surface area contributed by atoms with E-state index in [-0.39, 0.29) is 36.4 Å². The van der Waals surface area contributed by atoms with Gasteiger partial charge < -0.3 is 35.7 Å². The number of benzene rings is 1.